The van der Waals surface area contributed by atoms with Crippen LogP contribution in [0.4, 0.5) is 0 Å². The minimum atomic E-state index is -0.431. The van der Waals surface area contributed by atoms with Crippen LogP contribution in [-0.2, 0) is 9.47 Å². The molecule has 1 unspecified atom stereocenters. The summed E-state index contributed by atoms with van der Waals surface area (Å²) in [5.74, 6) is -0.431. The minimum Gasteiger partial charge on any atom is -0.376 e. The van der Waals surface area contributed by atoms with E-state index in [0.717, 1.165) is 5.56 Å². The Kier molecular flexibility index (Phi) is 2.99. The first-order valence-electron chi connectivity index (χ1n) is 4.87. The Bertz CT molecular complexity index is 359. The average Bonchev–Trinajstić information content (AvgIpc) is 2.30. The summed E-state index contributed by atoms with van der Waals surface area (Å²) in [5.41, 5.74) is 6.60. The normalized spacial score (nSPS) is 21.2. The van der Waals surface area contributed by atoms with Crippen molar-refractivity contribution >= 4 is 5.91 Å². The van der Waals surface area contributed by atoms with Crippen LogP contribution < -0.4 is 5.73 Å². The SMILES string of the molecule is NC(=O)c1ccccc1C1COCCO1. The molecule has 4 nitrogen and oxygen atoms in total. The summed E-state index contributed by atoms with van der Waals surface area (Å²) >= 11 is 0. The molecule has 0 bridgehead atoms. The van der Waals surface area contributed by atoms with Gasteiger partial charge in [0.2, 0.25) is 5.91 Å². The number of hydrogen-bond acceptors (Lipinski definition) is 3. The molecular weight excluding hydrogens is 194 g/mol. The molecule has 1 aliphatic heterocycles. The van der Waals surface area contributed by atoms with E-state index in [1.165, 1.54) is 0 Å². The molecule has 0 aliphatic carbocycles. The molecule has 1 saturated heterocycles. The first-order chi connectivity index (χ1) is 7.29. The Morgan fingerprint density at radius 3 is 2.80 bits per heavy atom. The minimum absolute atomic E-state index is 0.178. The van der Waals surface area contributed by atoms with Gasteiger partial charge in [-0.3, -0.25) is 4.79 Å². The van der Waals surface area contributed by atoms with E-state index in [1.807, 2.05) is 12.1 Å². The Labute approximate surface area is 88.0 Å². The number of carbonyl (C=O) groups is 1. The second-order valence-corrected chi connectivity index (χ2v) is 3.39. The fourth-order valence-electron chi connectivity index (χ4n) is 1.67. The van der Waals surface area contributed by atoms with Crippen LogP contribution in [0.1, 0.15) is 22.0 Å². The molecule has 1 aromatic rings. The number of ether oxygens (including phenoxy) is 2. The molecule has 1 amide bonds. The molecule has 80 valence electrons. The lowest BCUT2D eigenvalue weighted by Gasteiger charge is -2.24. The summed E-state index contributed by atoms with van der Waals surface area (Å²) in [6, 6.07) is 7.20. The van der Waals surface area contributed by atoms with Gasteiger partial charge in [-0.1, -0.05) is 18.2 Å². The third-order valence-corrected chi connectivity index (χ3v) is 2.39. The lowest BCUT2D eigenvalue weighted by molar-refractivity contribution is -0.0903. The fraction of sp³-hybridized carbons (Fsp3) is 0.364. The number of benzene rings is 1. The highest BCUT2D eigenvalue weighted by atomic mass is 16.6. The molecule has 1 aliphatic rings. The van der Waals surface area contributed by atoms with Crippen LogP contribution >= 0.6 is 0 Å². The van der Waals surface area contributed by atoms with Gasteiger partial charge in [-0.05, 0) is 11.6 Å². The molecule has 0 aromatic heterocycles. The smallest absolute Gasteiger partial charge is 0.249 e. The van der Waals surface area contributed by atoms with Gasteiger partial charge in [-0.25, -0.2) is 0 Å². The number of primary amides is 1. The summed E-state index contributed by atoms with van der Waals surface area (Å²) in [6.07, 6.45) is -0.178. The highest BCUT2D eigenvalue weighted by Crippen LogP contribution is 2.23. The van der Waals surface area contributed by atoms with Gasteiger partial charge >= 0.3 is 0 Å². The van der Waals surface area contributed by atoms with Crippen molar-refractivity contribution in [2.24, 2.45) is 5.73 Å². The number of nitrogens with two attached hydrogens (primary N) is 1. The third kappa shape index (κ3) is 2.16. The van der Waals surface area contributed by atoms with Crippen molar-refractivity contribution in [1.82, 2.24) is 0 Å². The van der Waals surface area contributed by atoms with E-state index in [2.05, 4.69) is 0 Å². The zero-order valence-electron chi connectivity index (χ0n) is 8.31. The summed E-state index contributed by atoms with van der Waals surface area (Å²) < 4.78 is 10.8. The predicted molar refractivity (Wildman–Crippen MR) is 54.5 cm³/mol. The van der Waals surface area contributed by atoms with E-state index in [9.17, 15) is 4.79 Å². The summed E-state index contributed by atoms with van der Waals surface area (Å²) in [6.45, 7) is 1.64. The van der Waals surface area contributed by atoms with Crippen molar-refractivity contribution < 1.29 is 14.3 Å². The monoisotopic (exact) mass is 207 g/mol. The van der Waals surface area contributed by atoms with Crippen molar-refractivity contribution in [3.05, 3.63) is 35.4 Å². The van der Waals surface area contributed by atoms with Crippen LogP contribution in [0.25, 0.3) is 0 Å². The number of carbonyl (C=O) groups excluding carboxylic acids is 1. The van der Waals surface area contributed by atoms with Gasteiger partial charge in [0.05, 0.1) is 19.8 Å². The molecule has 2 rings (SSSR count). The molecule has 0 spiro atoms. The van der Waals surface area contributed by atoms with Gasteiger partial charge in [-0.2, -0.15) is 0 Å². The van der Waals surface area contributed by atoms with Crippen LogP contribution in [0.5, 0.6) is 0 Å². The third-order valence-electron chi connectivity index (χ3n) is 2.39. The van der Waals surface area contributed by atoms with E-state index in [-0.39, 0.29) is 6.10 Å². The first kappa shape index (κ1) is 10.1. The summed E-state index contributed by atoms with van der Waals surface area (Å²) in [5, 5.41) is 0. The standard InChI is InChI=1S/C11H13NO3/c12-11(13)9-4-2-1-3-8(9)10-7-14-5-6-15-10/h1-4,10H,5-7H2,(H2,12,13). The molecule has 1 atom stereocenters. The quantitative estimate of drug-likeness (QED) is 0.782. The van der Waals surface area contributed by atoms with Crippen LogP contribution in [0, 0.1) is 0 Å². The Morgan fingerprint density at radius 1 is 1.33 bits per heavy atom. The van der Waals surface area contributed by atoms with E-state index in [4.69, 9.17) is 15.2 Å². The lowest BCUT2D eigenvalue weighted by atomic mass is 10.0. The number of rotatable bonds is 2. The van der Waals surface area contributed by atoms with Gasteiger partial charge in [0.1, 0.15) is 6.10 Å². The van der Waals surface area contributed by atoms with Crippen molar-refractivity contribution in [3.8, 4) is 0 Å². The summed E-state index contributed by atoms with van der Waals surface area (Å²) in [4.78, 5) is 11.2. The van der Waals surface area contributed by atoms with Crippen molar-refractivity contribution in [2.75, 3.05) is 19.8 Å². The van der Waals surface area contributed by atoms with Crippen LogP contribution in [0.3, 0.4) is 0 Å². The van der Waals surface area contributed by atoms with Crippen LogP contribution in [0.15, 0.2) is 24.3 Å². The molecule has 1 heterocycles. The maximum atomic E-state index is 11.2. The highest BCUT2D eigenvalue weighted by molar-refractivity contribution is 5.94. The second-order valence-electron chi connectivity index (χ2n) is 3.39. The molecule has 0 saturated carbocycles. The van der Waals surface area contributed by atoms with Gasteiger partial charge in [0.25, 0.3) is 0 Å². The fourth-order valence-corrected chi connectivity index (χ4v) is 1.67. The van der Waals surface area contributed by atoms with Gasteiger partial charge in [0.15, 0.2) is 0 Å². The molecule has 4 heteroatoms. The molecule has 1 aromatic carbocycles. The van der Waals surface area contributed by atoms with E-state index in [0.29, 0.717) is 25.4 Å². The Morgan fingerprint density at radius 2 is 2.13 bits per heavy atom. The second kappa shape index (κ2) is 4.42. The Balaban J connectivity index is 2.29. The van der Waals surface area contributed by atoms with Crippen molar-refractivity contribution in [1.29, 1.82) is 0 Å². The van der Waals surface area contributed by atoms with Crippen molar-refractivity contribution in [3.63, 3.8) is 0 Å². The molecule has 2 N–H and O–H groups in total. The van der Waals surface area contributed by atoms with E-state index in [1.54, 1.807) is 12.1 Å². The number of amides is 1. The zero-order valence-corrected chi connectivity index (χ0v) is 8.31. The maximum absolute atomic E-state index is 11.2. The average molecular weight is 207 g/mol. The maximum Gasteiger partial charge on any atom is 0.249 e. The zero-order chi connectivity index (χ0) is 10.7. The van der Waals surface area contributed by atoms with Crippen LogP contribution in [-0.4, -0.2) is 25.7 Å². The van der Waals surface area contributed by atoms with Gasteiger partial charge in [-0.15, -0.1) is 0 Å². The largest absolute Gasteiger partial charge is 0.376 e. The van der Waals surface area contributed by atoms with Crippen LogP contribution in [0.2, 0.25) is 0 Å². The van der Waals surface area contributed by atoms with Gasteiger partial charge in [0, 0.05) is 5.56 Å². The van der Waals surface area contributed by atoms with Gasteiger partial charge < -0.3 is 15.2 Å². The topological polar surface area (TPSA) is 61.6 Å². The van der Waals surface area contributed by atoms with E-state index < -0.39 is 5.91 Å². The van der Waals surface area contributed by atoms with Crippen molar-refractivity contribution in [2.45, 2.75) is 6.10 Å². The lowest BCUT2D eigenvalue weighted by Crippen LogP contribution is -2.24. The first-order valence-corrected chi connectivity index (χ1v) is 4.87. The molecule has 15 heavy (non-hydrogen) atoms. The van der Waals surface area contributed by atoms with E-state index >= 15 is 0 Å². The summed E-state index contributed by atoms with van der Waals surface area (Å²) in [7, 11) is 0. The Hall–Kier alpha value is -1.39. The molecule has 1 fully saturated rings. The molecule has 0 radical (unpaired) electrons. The number of hydrogen-bond donors (Lipinski definition) is 1. The predicted octanol–water partition coefficient (Wildman–Crippen LogP) is 0.873. The highest BCUT2D eigenvalue weighted by Gasteiger charge is 2.20. The molecular formula is C11H13NO3.